The summed E-state index contributed by atoms with van der Waals surface area (Å²) in [6, 6.07) is 13.3. The summed E-state index contributed by atoms with van der Waals surface area (Å²) < 4.78 is 42.5. The van der Waals surface area contributed by atoms with Gasteiger partial charge in [-0.05, 0) is 36.4 Å². The van der Waals surface area contributed by atoms with Gasteiger partial charge in [-0.1, -0.05) is 18.2 Å². The van der Waals surface area contributed by atoms with Gasteiger partial charge in [-0.25, -0.2) is 4.98 Å². The van der Waals surface area contributed by atoms with Crippen LogP contribution in [0.4, 0.5) is 13.2 Å². The van der Waals surface area contributed by atoms with Crippen LogP contribution in [0, 0.1) is 0 Å². The second-order valence-corrected chi connectivity index (χ2v) is 4.90. The first-order valence-electron chi connectivity index (χ1n) is 6.90. The van der Waals surface area contributed by atoms with Gasteiger partial charge in [0.2, 0.25) is 0 Å². The molecule has 0 aliphatic carbocycles. The average molecular weight is 318 g/mol. The highest BCUT2D eigenvalue weighted by atomic mass is 19.4. The predicted octanol–water partition coefficient (Wildman–Crippen LogP) is 4.79. The van der Waals surface area contributed by atoms with Crippen molar-refractivity contribution in [2.75, 3.05) is 0 Å². The maximum absolute atomic E-state index is 12.2. The molecule has 3 rings (SSSR count). The lowest BCUT2D eigenvalue weighted by Crippen LogP contribution is -2.16. The quantitative estimate of drug-likeness (QED) is 0.647. The van der Waals surface area contributed by atoms with E-state index < -0.39 is 6.36 Å². The number of aromatic nitrogens is 2. The van der Waals surface area contributed by atoms with Crippen molar-refractivity contribution in [1.82, 2.24) is 9.55 Å². The van der Waals surface area contributed by atoms with E-state index in [0.717, 1.165) is 11.0 Å². The molecular formula is C17H13F3N2O. The van der Waals surface area contributed by atoms with Crippen molar-refractivity contribution < 1.29 is 17.9 Å². The number of fused-ring (bicyclic) bond motifs is 1. The highest BCUT2D eigenvalue weighted by Gasteiger charge is 2.31. The van der Waals surface area contributed by atoms with Gasteiger partial charge in [-0.15, -0.1) is 19.8 Å². The van der Waals surface area contributed by atoms with Crippen LogP contribution in [-0.4, -0.2) is 15.9 Å². The number of alkyl halides is 3. The minimum atomic E-state index is -4.70. The number of allylic oxidation sites excluding steroid dienone is 1. The molecule has 0 unspecified atom stereocenters. The summed E-state index contributed by atoms with van der Waals surface area (Å²) in [6.45, 7) is 4.29. The molecule has 2 aromatic carbocycles. The van der Waals surface area contributed by atoms with E-state index in [4.69, 9.17) is 0 Å². The summed E-state index contributed by atoms with van der Waals surface area (Å²) >= 11 is 0. The molecule has 0 spiro atoms. The molecule has 3 nitrogen and oxygen atoms in total. The molecule has 0 N–H and O–H groups in total. The van der Waals surface area contributed by atoms with Gasteiger partial charge >= 0.3 is 6.36 Å². The van der Waals surface area contributed by atoms with Crippen LogP contribution in [0.15, 0.2) is 61.2 Å². The minimum Gasteiger partial charge on any atom is -0.406 e. The van der Waals surface area contributed by atoms with E-state index in [1.165, 1.54) is 12.1 Å². The molecule has 118 valence electrons. The van der Waals surface area contributed by atoms with Crippen molar-refractivity contribution in [3.05, 3.63) is 61.2 Å². The third kappa shape index (κ3) is 3.21. The summed E-state index contributed by atoms with van der Waals surface area (Å²) in [5.41, 5.74) is 2.47. The second kappa shape index (κ2) is 5.79. The Bertz CT molecular complexity index is 835. The van der Waals surface area contributed by atoms with Crippen LogP contribution in [0.5, 0.6) is 5.75 Å². The standard InChI is InChI=1S/C17H13F3N2O/c1-2-11-22-15-6-4-3-5-14(15)21-16(22)12-7-9-13(10-8-12)23-17(18,19)20/h2-10H,1,11H2. The Balaban J connectivity index is 2.02. The largest absolute Gasteiger partial charge is 0.573 e. The molecule has 0 aliphatic heterocycles. The van der Waals surface area contributed by atoms with E-state index in [1.54, 1.807) is 18.2 Å². The van der Waals surface area contributed by atoms with Gasteiger partial charge in [0.25, 0.3) is 0 Å². The molecule has 0 aliphatic rings. The van der Waals surface area contributed by atoms with Crippen molar-refractivity contribution in [1.29, 1.82) is 0 Å². The molecule has 1 aromatic heterocycles. The lowest BCUT2D eigenvalue weighted by molar-refractivity contribution is -0.274. The zero-order valence-electron chi connectivity index (χ0n) is 12.0. The van der Waals surface area contributed by atoms with Crippen molar-refractivity contribution in [3.8, 4) is 17.1 Å². The molecule has 3 aromatic rings. The third-order valence-electron chi connectivity index (χ3n) is 3.31. The Hall–Kier alpha value is -2.76. The Morgan fingerprint density at radius 2 is 1.78 bits per heavy atom. The number of ether oxygens (including phenoxy) is 1. The van der Waals surface area contributed by atoms with Gasteiger partial charge in [0.1, 0.15) is 11.6 Å². The zero-order valence-corrected chi connectivity index (χ0v) is 12.0. The van der Waals surface area contributed by atoms with Crippen LogP contribution in [0.1, 0.15) is 0 Å². The summed E-state index contributed by atoms with van der Waals surface area (Å²) in [5, 5.41) is 0. The van der Waals surface area contributed by atoms with E-state index in [9.17, 15) is 13.2 Å². The Labute approximate surface area is 130 Å². The van der Waals surface area contributed by atoms with Crippen LogP contribution < -0.4 is 4.74 Å². The first-order chi connectivity index (χ1) is 11.0. The molecule has 0 bridgehead atoms. The predicted molar refractivity (Wildman–Crippen MR) is 82.0 cm³/mol. The molecule has 0 saturated heterocycles. The van der Waals surface area contributed by atoms with Crippen LogP contribution in [0.3, 0.4) is 0 Å². The summed E-state index contributed by atoms with van der Waals surface area (Å²) in [4.78, 5) is 4.56. The monoisotopic (exact) mass is 318 g/mol. The fourth-order valence-electron chi connectivity index (χ4n) is 2.42. The average Bonchev–Trinajstić information content (AvgIpc) is 2.86. The molecule has 0 saturated carbocycles. The topological polar surface area (TPSA) is 27.1 Å². The van der Waals surface area contributed by atoms with Crippen LogP contribution >= 0.6 is 0 Å². The number of imidazole rings is 1. The molecule has 23 heavy (non-hydrogen) atoms. The lowest BCUT2D eigenvalue weighted by atomic mass is 10.2. The number of nitrogens with zero attached hydrogens (tertiary/aromatic N) is 2. The Morgan fingerprint density at radius 1 is 1.09 bits per heavy atom. The van der Waals surface area contributed by atoms with Crippen molar-refractivity contribution in [2.24, 2.45) is 0 Å². The van der Waals surface area contributed by atoms with E-state index >= 15 is 0 Å². The SMILES string of the molecule is C=CCn1c(-c2ccc(OC(F)(F)F)cc2)nc2ccccc21. The van der Waals surface area contributed by atoms with Gasteiger partial charge in [-0.3, -0.25) is 0 Å². The second-order valence-electron chi connectivity index (χ2n) is 4.90. The van der Waals surface area contributed by atoms with Crippen molar-refractivity contribution in [2.45, 2.75) is 12.9 Å². The molecular weight excluding hydrogens is 305 g/mol. The summed E-state index contributed by atoms with van der Waals surface area (Å²) in [7, 11) is 0. The number of hydrogen-bond donors (Lipinski definition) is 0. The minimum absolute atomic E-state index is 0.257. The van der Waals surface area contributed by atoms with Gasteiger partial charge in [0.15, 0.2) is 0 Å². The van der Waals surface area contributed by atoms with Gasteiger partial charge in [0, 0.05) is 12.1 Å². The smallest absolute Gasteiger partial charge is 0.406 e. The van der Waals surface area contributed by atoms with E-state index in [2.05, 4.69) is 16.3 Å². The lowest BCUT2D eigenvalue weighted by Gasteiger charge is -2.10. The molecule has 0 atom stereocenters. The fourth-order valence-corrected chi connectivity index (χ4v) is 2.42. The fraction of sp³-hybridized carbons (Fsp3) is 0.118. The normalized spacial score (nSPS) is 11.6. The van der Waals surface area contributed by atoms with Crippen LogP contribution in [0.25, 0.3) is 22.4 Å². The highest BCUT2D eigenvalue weighted by molar-refractivity contribution is 5.80. The van der Waals surface area contributed by atoms with Crippen LogP contribution in [-0.2, 0) is 6.54 Å². The molecule has 6 heteroatoms. The summed E-state index contributed by atoms with van der Waals surface area (Å²) in [6.07, 6.45) is -2.95. The van der Waals surface area contributed by atoms with Gasteiger partial charge in [-0.2, -0.15) is 0 Å². The first kappa shape index (κ1) is 15.1. The third-order valence-corrected chi connectivity index (χ3v) is 3.31. The van der Waals surface area contributed by atoms with Crippen molar-refractivity contribution in [3.63, 3.8) is 0 Å². The van der Waals surface area contributed by atoms with Gasteiger partial charge < -0.3 is 9.30 Å². The van der Waals surface area contributed by atoms with E-state index in [1.807, 2.05) is 28.8 Å². The number of hydrogen-bond acceptors (Lipinski definition) is 2. The number of benzene rings is 2. The maximum Gasteiger partial charge on any atom is 0.573 e. The number of rotatable bonds is 4. The Morgan fingerprint density at radius 3 is 2.43 bits per heavy atom. The summed E-state index contributed by atoms with van der Waals surface area (Å²) in [5.74, 6) is 0.414. The molecule has 0 radical (unpaired) electrons. The number of para-hydroxylation sites is 2. The molecule has 0 fully saturated rings. The van der Waals surface area contributed by atoms with Crippen LogP contribution in [0.2, 0.25) is 0 Å². The van der Waals surface area contributed by atoms with E-state index in [0.29, 0.717) is 17.9 Å². The molecule has 0 amide bonds. The Kier molecular flexibility index (Phi) is 3.82. The van der Waals surface area contributed by atoms with Gasteiger partial charge in [0.05, 0.1) is 11.0 Å². The molecule has 1 heterocycles. The highest BCUT2D eigenvalue weighted by Crippen LogP contribution is 2.28. The zero-order chi connectivity index (χ0) is 16.4. The number of halogens is 3. The van der Waals surface area contributed by atoms with Crippen molar-refractivity contribution >= 4 is 11.0 Å². The first-order valence-corrected chi connectivity index (χ1v) is 6.90. The maximum atomic E-state index is 12.2. The van der Waals surface area contributed by atoms with E-state index in [-0.39, 0.29) is 5.75 Å².